The first-order chi connectivity index (χ1) is 8.65. The van der Waals surface area contributed by atoms with Gasteiger partial charge in [0, 0.05) is 20.9 Å². The lowest BCUT2D eigenvalue weighted by Gasteiger charge is -2.12. The summed E-state index contributed by atoms with van der Waals surface area (Å²) in [6, 6.07) is 6.38. The van der Waals surface area contributed by atoms with Crippen LogP contribution in [0, 0.1) is 0 Å². The number of nitrogens with zero attached hydrogens (tertiary/aromatic N) is 1. The molecule has 18 heavy (non-hydrogen) atoms. The van der Waals surface area contributed by atoms with Crippen LogP contribution in [-0.2, 0) is 6.42 Å². The van der Waals surface area contributed by atoms with Gasteiger partial charge in [-0.2, -0.15) is 0 Å². The van der Waals surface area contributed by atoms with Crippen molar-refractivity contribution in [2.75, 3.05) is 11.9 Å². The summed E-state index contributed by atoms with van der Waals surface area (Å²) >= 11 is 7.10. The fourth-order valence-electron chi connectivity index (χ4n) is 2.03. The highest BCUT2D eigenvalue weighted by Gasteiger charge is 2.09. The lowest BCUT2D eigenvalue weighted by molar-refractivity contribution is 0.916. The van der Waals surface area contributed by atoms with Crippen molar-refractivity contribution in [3.8, 4) is 0 Å². The Morgan fingerprint density at radius 1 is 1.17 bits per heavy atom. The average Bonchev–Trinajstić information content (AvgIpc) is 2.31. The van der Waals surface area contributed by atoms with Gasteiger partial charge in [-0.1, -0.05) is 29.3 Å². The lowest BCUT2D eigenvalue weighted by atomic mass is 10.1. The molecular formula is C14H16Br2N2. The van der Waals surface area contributed by atoms with Crippen molar-refractivity contribution in [1.82, 2.24) is 4.98 Å². The van der Waals surface area contributed by atoms with Gasteiger partial charge >= 0.3 is 0 Å². The maximum absolute atomic E-state index is 4.75. The summed E-state index contributed by atoms with van der Waals surface area (Å²) in [5, 5.41) is 4.52. The van der Waals surface area contributed by atoms with Crippen molar-refractivity contribution >= 4 is 48.6 Å². The molecule has 0 fully saturated rings. The van der Waals surface area contributed by atoms with Crippen LogP contribution in [0.25, 0.3) is 10.9 Å². The Morgan fingerprint density at radius 2 is 1.94 bits per heavy atom. The highest BCUT2D eigenvalue weighted by atomic mass is 79.9. The molecule has 0 unspecified atom stereocenters. The molecule has 1 heterocycles. The van der Waals surface area contributed by atoms with Crippen LogP contribution >= 0.6 is 31.9 Å². The van der Waals surface area contributed by atoms with Crippen LogP contribution in [0.4, 0.5) is 5.82 Å². The molecule has 0 atom stereocenters. The summed E-state index contributed by atoms with van der Waals surface area (Å²) in [6.07, 6.45) is 2.18. The van der Waals surface area contributed by atoms with Gasteiger partial charge in [0.2, 0.25) is 0 Å². The van der Waals surface area contributed by atoms with Gasteiger partial charge in [-0.05, 0) is 53.0 Å². The van der Waals surface area contributed by atoms with Gasteiger partial charge in [-0.25, -0.2) is 4.98 Å². The molecule has 0 bridgehead atoms. The van der Waals surface area contributed by atoms with Crippen molar-refractivity contribution < 1.29 is 0 Å². The minimum Gasteiger partial charge on any atom is -0.370 e. The van der Waals surface area contributed by atoms with E-state index in [0.29, 0.717) is 0 Å². The molecule has 0 aliphatic heterocycles. The molecule has 2 aromatic rings. The summed E-state index contributed by atoms with van der Waals surface area (Å²) in [5.74, 6) is 1.01. The number of hydrogen-bond donors (Lipinski definition) is 1. The Morgan fingerprint density at radius 3 is 2.61 bits per heavy atom. The monoisotopic (exact) mass is 370 g/mol. The van der Waals surface area contributed by atoms with Gasteiger partial charge in [0.05, 0.1) is 5.52 Å². The molecule has 0 amide bonds. The van der Waals surface area contributed by atoms with E-state index in [0.717, 1.165) is 39.7 Å². The van der Waals surface area contributed by atoms with Gasteiger partial charge in [0.1, 0.15) is 5.82 Å². The third-order valence-electron chi connectivity index (χ3n) is 2.78. The standard InChI is InChI=1S/C14H16Br2N2/c1-3-5-9-6-10-7-11(15)8-12(16)13(10)18-14(9)17-4-2/h6-8H,3-5H2,1-2H3,(H,17,18). The van der Waals surface area contributed by atoms with Gasteiger partial charge in [0.25, 0.3) is 0 Å². The highest BCUT2D eigenvalue weighted by molar-refractivity contribution is 9.11. The fraction of sp³-hybridized carbons (Fsp3) is 0.357. The minimum absolute atomic E-state index is 0.892. The largest absolute Gasteiger partial charge is 0.370 e. The number of aromatic nitrogens is 1. The Labute approximate surface area is 124 Å². The number of halogens is 2. The van der Waals surface area contributed by atoms with E-state index in [2.05, 4.69) is 63.2 Å². The predicted molar refractivity (Wildman–Crippen MR) is 85.3 cm³/mol. The average molecular weight is 372 g/mol. The maximum atomic E-state index is 4.75. The molecule has 2 rings (SSSR count). The molecule has 0 spiro atoms. The number of benzene rings is 1. The van der Waals surface area contributed by atoms with E-state index in [9.17, 15) is 0 Å². The molecule has 1 aromatic carbocycles. The van der Waals surface area contributed by atoms with E-state index < -0.39 is 0 Å². The second-order valence-electron chi connectivity index (χ2n) is 4.24. The first-order valence-corrected chi connectivity index (χ1v) is 7.76. The van der Waals surface area contributed by atoms with E-state index in [1.165, 1.54) is 10.9 Å². The van der Waals surface area contributed by atoms with E-state index in [1.54, 1.807) is 0 Å². The molecule has 0 saturated heterocycles. The number of fused-ring (bicyclic) bond motifs is 1. The zero-order valence-corrected chi connectivity index (χ0v) is 13.7. The molecule has 1 N–H and O–H groups in total. The van der Waals surface area contributed by atoms with Gasteiger partial charge in [0.15, 0.2) is 0 Å². The van der Waals surface area contributed by atoms with E-state index in [-0.39, 0.29) is 0 Å². The number of pyridine rings is 1. The number of hydrogen-bond acceptors (Lipinski definition) is 2. The number of anilines is 1. The smallest absolute Gasteiger partial charge is 0.129 e. The third-order valence-corrected chi connectivity index (χ3v) is 3.84. The quantitative estimate of drug-likeness (QED) is 0.804. The van der Waals surface area contributed by atoms with Crippen LogP contribution in [0.15, 0.2) is 27.1 Å². The summed E-state index contributed by atoms with van der Waals surface area (Å²) in [4.78, 5) is 4.75. The number of rotatable bonds is 4. The van der Waals surface area contributed by atoms with E-state index >= 15 is 0 Å². The summed E-state index contributed by atoms with van der Waals surface area (Å²) in [6.45, 7) is 5.18. The molecule has 0 aliphatic carbocycles. The number of aryl methyl sites for hydroxylation is 1. The van der Waals surface area contributed by atoms with E-state index in [4.69, 9.17) is 4.98 Å². The third kappa shape index (κ3) is 2.86. The highest BCUT2D eigenvalue weighted by Crippen LogP contribution is 2.30. The first kappa shape index (κ1) is 13.8. The van der Waals surface area contributed by atoms with Gasteiger partial charge < -0.3 is 5.32 Å². The second-order valence-corrected chi connectivity index (χ2v) is 6.01. The molecule has 2 nitrogen and oxygen atoms in total. The van der Waals surface area contributed by atoms with E-state index in [1.807, 2.05) is 6.07 Å². The molecule has 96 valence electrons. The zero-order valence-electron chi connectivity index (χ0n) is 10.6. The molecule has 0 radical (unpaired) electrons. The van der Waals surface area contributed by atoms with Gasteiger partial charge in [-0.3, -0.25) is 0 Å². The summed E-state index contributed by atoms with van der Waals surface area (Å²) in [7, 11) is 0. The second kappa shape index (κ2) is 6.02. The van der Waals surface area contributed by atoms with Crippen LogP contribution in [0.2, 0.25) is 0 Å². The minimum atomic E-state index is 0.892. The number of nitrogens with one attached hydrogen (secondary N) is 1. The topological polar surface area (TPSA) is 24.9 Å². The van der Waals surface area contributed by atoms with Crippen LogP contribution < -0.4 is 5.32 Å². The predicted octanol–water partition coefficient (Wildman–Crippen LogP) is 5.14. The molecular weight excluding hydrogens is 356 g/mol. The zero-order chi connectivity index (χ0) is 13.1. The fourth-order valence-corrected chi connectivity index (χ4v) is 3.38. The van der Waals surface area contributed by atoms with Crippen LogP contribution in [0.5, 0.6) is 0 Å². The van der Waals surface area contributed by atoms with Crippen molar-refractivity contribution in [2.24, 2.45) is 0 Å². The van der Waals surface area contributed by atoms with Crippen molar-refractivity contribution in [3.05, 3.63) is 32.7 Å². The Kier molecular flexibility index (Phi) is 4.62. The van der Waals surface area contributed by atoms with Crippen molar-refractivity contribution in [2.45, 2.75) is 26.7 Å². The Bertz CT molecular complexity index is 567. The Balaban J connectivity index is 2.63. The summed E-state index contributed by atoms with van der Waals surface area (Å²) < 4.78 is 2.09. The molecule has 0 aliphatic rings. The van der Waals surface area contributed by atoms with Crippen molar-refractivity contribution in [3.63, 3.8) is 0 Å². The lowest BCUT2D eigenvalue weighted by Crippen LogP contribution is -2.04. The van der Waals surface area contributed by atoms with Crippen LogP contribution in [-0.4, -0.2) is 11.5 Å². The normalized spacial score (nSPS) is 10.9. The first-order valence-electron chi connectivity index (χ1n) is 6.18. The van der Waals surface area contributed by atoms with Crippen LogP contribution in [0.3, 0.4) is 0 Å². The molecule has 4 heteroatoms. The van der Waals surface area contributed by atoms with Crippen LogP contribution in [0.1, 0.15) is 25.8 Å². The summed E-state index contributed by atoms with van der Waals surface area (Å²) in [5.41, 5.74) is 2.30. The molecule has 0 saturated carbocycles. The molecule has 1 aromatic heterocycles. The van der Waals surface area contributed by atoms with Gasteiger partial charge in [-0.15, -0.1) is 0 Å². The SMILES string of the molecule is CCCc1cc2cc(Br)cc(Br)c2nc1NCC. The maximum Gasteiger partial charge on any atom is 0.129 e. The van der Waals surface area contributed by atoms with Crippen molar-refractivity contribution in [1.29, 1.82) is 0 Å². The Hall–Kier alpha value is -0.610.